The topological polar surface area (TPSA) is 79.1 Å². The average molecular weight is 591 g/mol. The Balaban J connectivity index is 1.54. The molecule has 0 saturated carbocycles. The molecule has 10 heteroatoms. The van der Waals surface area contributed by atoms with E-state index < -0.39 is 17.8 Å². The first-order chi connectivity index (χ1) is 20.3. The molecule has 0 bridgehead atoms. The molecule has 0 unspecified atom stereocenters. The third-order valence-electron chi connectivity index (χ3n) is 6.58. The molecular formula is C32H28F2N2O5S. The van der Waals surface area contributed by atoms with E-state index in [0.29, 0.717) is 44.3 Å². The summed E-state index contributed by atoms with van der Waals surface area (Å²) in [5.41, 5.74) is 2.36. The molecule has 1 aliphatic rings. The van der Waals surface area contributed by atoms with E-state index in [9.17, 15) is 18.4 Å². The number of allylic oxidation sites excluding steroid dienone is 1. The number of halogens is 2. The first-order valence-corrected chi connectivity index (χ1v) is 14.2. The Bertz CT molecular complexity index is 1830. The molecule has 7 nitrogen and oxygen atoms in total. The summed E-state index contributed by atoms with van der Waals surface area (Å²) in [6, 6.07) is 16.2. The second-order valence-corrected chi connectivity index (χ2v) is 10.4. The molecule has 0 fully saturated rings. The number of hydrogen-bond acceptors (Lipinski definition) is 7. The monoisotopic (exact) mass is 590 g/mol. The SMILES string of the molecule is CCOC(=O)C1=C(C)N=c2s/c(=C\c3ccc(OCc4ccc(F)cc4)c(OCC)c3)c(=O)n2[C@H]1c1ccc(F)cc1. The minimum absolute atomic E-state index is 0.155. The maximum Gasteiger partial charge on any atom is 0.338 e. The zero-order valence-corrected chi connectivity index (χ0v) is 24.0. The molecule has 0 amide bonds. The van der Waals surface area contributed by atoms with Gasteiger partial charge in [-0.05, 0) is 79.9 Å². The zero-order chi connectivity index (χ0) is 29.8. The Hall–Kier alpha value is -4.57. The van der Waals surface area contributed by atoms with Crippen LogP contribution in [0.5, 0.6) is 11.5 Å². The van der Waals surface area contributed by atoms with Gasteiger partial charge in [0.15, 0.2) is 16.3 Å². The number of nitrogens with zero attached hydrogens (tertiary/aromatic N) is 2. The number of carbonyl (C=O) groups excluding carboxylic acids is 1. The van der Waals surface area contributed by atoms with Gasteiger partial charge < -0.3 is 14.2 Å². The summed E-state index contributed by atoms with van der Waals surface area (Å²) in [7, 11) is 0. The smallest absolute Gasteiger partial charge is 0.338 e. The van der Waals surface area contributed by atoms with Crippen molar-refractivity contribution in [1.82, 2.24) is 4.57 Å². The fraction of sp³-hybridized carbons (Fsp3) is 0.219. The van der Waals surface area contributed by atoms with Crippen LogP contribution < -0.4 is 24.4 Å². The largest absolute Gasteiger partial charge is 0.490 e. The molecule has 0 aliphatic carbocycles. The maximum absolute atomic E-state index is 13.8. The quantitative estimate of drug-likeness (QED) is 0.255. The minimum Gasteiger partial charge on any atom is -0.490 e. The van der Waals surface area contributed by atoms with Crippen LogP contribution in [-0.4, -0.2) is 23.8 Å². The lowest BCUT2D eigenvalue weighted by Gasteiger charge is -2.24. The fourth-order valence-corrected chi connectivity index (χ4v) is 5.69. The first kappa shape index (κ1) is 28.9. The lowest BCUT2D eigenvalue weighted by Crippen LogP contribution is -2.39. The second kappa shape index (κ2) is 12.5. The lowest BCUT2D eigenvalue weighted by molar-refractivity contribution is -0.139. The van der Waals surface area contributed by atoms with Crippen molar-refractivity contribution in [2.75, 3.05) is 13.2 Å². The van der Waals surface area contributed by atoms with Crippen LogP contribution in [0.2, 0.25) is 0 Å². The standard InChI is InChI=1S/C32H28F2N2O5S/c1-4-39-26-16-21(8-15-25(26)41-18-20-6-11-23(33)12-7-20)17-27-30(37)36-29(22-9-13-24(34)14-10-22)28(31(38)40-5-2)19(3)35-32(36)42-27/h6-17,29H,4-5,18H2,1-3H3/b27-17-/t29-/m0/s1. The summed E-state index contributed by atoms with van der Waals surface area (Å²) >= 11 is 1.19. The predicted octanol–water partition coefficient (Wildman–Crippen LogP) is 5.05. The van der Waals surface area contributed by atoms with Crippen molar-refractivity contribution >= 4 is 23.4 Å². The predicted molar refractivity (Wildman–Crippen MR) is 155 cm³/mol. The number of fused-ring (bicyclic) bond motifs is 1. The van der Waals surface area contributed by atoms with E-state index in [1.807, 2.05) is 6.92 Å². The Labute approximate surface area is 244 Å². The summed E-state index contributed by atoms with van der Waals surface area (Å²) in [5, 5.41) is 0. The number of rotatable bonds is 9. The van der Waals surface area contributed by atoms with Crippen LogP contribution in [0.1, 0.15) is 43.5 Å². The third kappa shape index (κ3) is 6.03. The van der Waals surface area contributed by atoms with E-state index in [2.05, 4.69) is 4.99 Å². The van der Waals surface area contributed by atoms with E-state index in [1.54, 1.807) is 62.4 Å². The Kier molecular flexibility index (Phi) is 8.63. The molecule has 0 N–H and O–H groups in total. The van der Waals surface area contributed by atoms with Crippen molar-refractivity contribution in [3.8, 4) is 11.5 Å². The first-order valence-electron chi connectivity index (χ1n) is 13.4. The highest BCUT2D eigenvalue weighted by atomic mass is 32.1. The molecule has 1 aliphatic heterocycles. The summed E-state index contributed by atoms with van der Waals surface area (Å²) in [4.78, 5) is 31.8. The molecule has 2 heterocycles. The van der Waals surface area contributed by atoms with Crippen molar-refractivity contribution in [3.63, 3.8) is 0 Å². The van der Waals surface area contributed by atoms with Gasteiger partial charge in [0.05, 0.1) is 35.1 Å². The Morgan fingerprint density at radius 2 is 1.64 bits per heavy atom. The van der Waals surface area contributed by atoms with E-state index in [4.69, 9.17) is 14.2 Å². The number of hydrogen-bond donors (Lipinski definition) is 0. The van der Waals surface area contributed by atoms with Gasteiger partial charge in [-0.3, -0.25) is 9.36 Å². The normalized spacial score (nSPS) is 14.8. The van der Waals surface area contributed by atoms with Crippen molar-refractivity contribution in [2.45, 2.75) is 33.4 Å². The van der Waals surface area contributed by atoms with Gasteiger partial charge in [-0.2, -0.15) is 0 Å². The number of carbonyl (C=O) groups is 1. The van der Waals surface area contributed by atoms with Crippen LogP contribution >= 0.6 is 11.3 Å². The number of esters is 1. The number of ether oxygens (including phenoxy) is 3. The van der Waals surface area contributed by atoms with Gasteiger partial charge in [-0.25, -0.2) is 18.6 Å². The molecule has 4 aromatic rings. The summed E-state index contributed by atoms with van der Waals surface area (Å²) in [5.74, 6) is -0.337. The molecule has 42 heavy (non-hydrogen) atoms. The molecule has 0 spiro atoms. The summed E-state index contributed by atoms with van der Waals surface area (Å²) in [6.45, 7) is 6.02. The molecule has 3 aromatic carbocycles. The van der Waals surface area contributed by atoms with Crippen molar-refractivity contribution in [1.29, 1.82) is 0 Å². The fourth-order valence-electron chi connectivity index (χ4n) is 4.65. The van der Waals surface area contributed by atoms with Crippen LogP contribution in [0.25, 0.3) is 6.08 Å². The molecular weight excluding hydrogens is 562 g/mol. The van der Waals surface area contributed by atoms with Crippen molar-refractivity contribution in [2.24, 2.45) is 4.99 Å². The van der Waals surface area contributed by atoms with Crippen molar-refractivity contribution in [3.05, 3.63) is 126 Å². The van der Waals surface area contributed by atoms with Crippen LogP contribution in [0, 0.1) is 11.6 Å². The molecule has 1 aromatic heterocycles. The number of benzene rings is 3. The summed E-state index contributed by atoms with van der Waals surface area (Å²) < 4.78 is 45.9. The molecule has 0 saturated heterocycles. The molecule has 216 valence electrons. The molecule has 1 atom stereocenters. The van der Waals surface area contributed by atoms with Crippen LogP contribution in [0.4, 0.5) is 8.78 Å². The number of aromatic nitrogens is 1. The third-order valence-corrected chi connectivity index (χ3v) is 7.56. The van der Waals surface area contributed by atoms with Crippen LogP contribution in [0.15, 0.2) is 87.8 Å². The van der Waals surface area contributed by atoms with Gasteiger partial charge in [0.2, 0.25) is 0 Å². The van der Waals surface area contributed by atoms with E-state index in [0.717, 1.165) is 5.56 Å². The van der Waals surface area contributed by atoms with Gasteiger partial charge in [-0.15, -0.1) is 0 Å². The zero-order valence-electron chi connectivity index (χ0n) is 23.2. The van der Waals surface area contributed by atoms with E-state index in [-0.39, 0.29) is 30.2 Å². The van der Waals surface area contributed by atoms with Gasteiger partial charge in [0, 0.05) is 0 Å². The highest BCUT2D eigenvalue weighted by Gasteiger charge is 2.33. The van der Waals surface area contributed by atoms with E-state index >= 15 is 0 Å². The highest BCUT2D eigenvalue weighted by molar-refractivity contribution is 7.07. The van der Waals surface area contributed by atoms with Gasteiger partial charge in [0.25, 0.3) is 5.56 Å². The second-order valence-electron chi connectivity index (χ2n) is 9.41. The average Bonchev–Trinajstić information content (AvgIpc) is 3.27. The molecule has 0 radical (unpaired) electrons. The Morgan fingerprint density at radius 3 is 2.31 bits per heavy atom. The van der Waals surface area contributed by atoms with Crippen LogP contribution in [0.3, 0.4) is 0 Å². The van der Waals surface area contributed by atoms with Crippen molar-refractivity contribution < 1.29 is 27.8 Å². The maximum atomic E-state index is 13.8. The van der Waals surface area contributed by atoms with E-state index in [1.165, 1.54) is 40.2 Å². The van der Waals surface area contributed by atoms with Crippen LogP contribution in [-0.2, 0) is 16.1 Å². The lowest BCUT2D eigenvalue weighted by atomic mass is 9.96. The van der Waals surface area contributed by atoms with Gasteiger partial charge in [-0.1, -0.05) is 41.7 Å². The number of thiazole rings is 1. The van der Waals surface area contributed by atoms with Gasteiger partial charge in [0.1, 0.15) is 18.2 Å². The summed E-state index contributed by atoms with van der Waals surface area (Å²) in [6.07, 6.45) is 1.72. The molecule has 5 rings (SSSR count). The minimum atomic E-state index is -0.829. The Morgan fingerprint density at radius 1 is 0.952 bits per heavy atom. The highest BCUT2D eigenvalue weighted by Crippen LogP contribution is 2.32. The van der Waals surface area contributed by atoms with Gasteiger partial charge >= 0.3 is 5.97 Å².